The third kappa shape index (κ3) is 3.45. The van der Waals surface area contributed by atoms with Gasteiger partial charge in [-0.3, -0.25) is 14.3 Å². The number of hydrogen-bond acceptors (Lipinski definition) is 6. The molecule has 2 aromatic rings. The van der Waals surface area contributed by atoms with Crippen LogP contribution in [-0.2, 0) is 11.3 Å². The fraction of sp³-hybridized carbons (Fsp3) is 0.467. The van der Waals surface area contributed by atoms with E-state index in [-0.39, 0.29) is 17.7 Å². The minimum atomic E-state index is -0.333. The first-order chi connectivity index (χ1) is 11.6. The summed E-state index contributed by atoms with van der Waals surface area (Å²) in [5, 5.41) is 11.6. The first-order valence-electron chi connectivity index (χ1n) is 7.74. The second kappa shape index (κ2) is 7.08. The van der Waals surface area contributed by atoms with Crippen molar-refractivity contribution in [2.45, 2.75) is 25.5 Å². The van der Waals surface area contributed by atoms with Crippen molar-refractivity contribution >= 4 is 23.7 Å². The molecule has 0 unspecified atom stereocenters. The van der Waals surface area contributed by atoms with E-state index in [1.807, 2.05) is 10.6 Å². The summed E-state index contributed by atoms with van der Waals surface area (Å²) >= 11 is 1.28. The Balaban J connectivity index is 1.75. The largest absolute Gasteiger partial charge is 0.461 e. The lowest BCUT2D eigenvalue weighted by Gasteiger charge is -2.13. The summed E-state index contributed by atoms with van der Waals surface area (Å²) in [5.74, 6) is 1.58. The number of amides is 3. The van der Waals surface area contributed by atoms with E-state index in [9.17, 15) is 9.59 Å². The zero-order valence-electron chi connectivity index (χ0n) is 13.6. The van der Waals surface area contributed by atoms with Crippen LogP contribution < -0.4 is 5.32 Å². The molecule has 1 aliphatic rings. The minimum Gasteiger partial charge on any atom is -0.461 e. The third-order valence-electron chi connectivity index (χ3n) is 3.49. The normalized spacial score (nSPS) is 14.5. The molecule has 0 saturated carbocycles. The molecular weight excluding hydrogens is 330 g/mol. The molecule has 1 fully saturated rings. The van der Waals surface area contributed by atoms with Crippen molar-refractivity contribution < 1.29 is 14.0 Å². The van der Waals surface area contributed by atoms with Crippen LogP contribution in [0, 0.1) is 5.92 Å². The number of hydrogen-bond donors (Lipinski definition) is 1. The van der Waals surface area contributed by atoms with Gasteiger partial charge in [-0.2, -0.15) is 0 Å². The highest BCUT2D eigenvalue weighted by Gasteiger charge is 2.27. The van der Waals surface area contributed by atoms with Gasteiger partial charge in [-0.1, -0.05) is 25.6 Å². The Morgan fingerprint density at radius 2 is 2.29 bits per heavy atom. The fourth-order valence-electron chi connectivity index (χ4n) is 2.43. The lowest BCUT2D eigenvalue weighted by atomic mass is 10.2. The molecule has 3 heterocycles. The zero-order valence-corrected chi connectivity index (χ0v) is 14.4. The predicted octanol–water partition coefficient (Wildman–Crippen LogP) is 1.84. The highest BCUT2D eigenvalue weighted by atomic mass is 32.2. The van der Waals surface area contributed by atoms with Crippen LogP contribution in [0.5, 0.6) is 0 Å². The summed E-state index contributed by atoms with van der Waals surface area (Å²) in [6.45, 7) is 5.82. The minimum absolute atomic E-state index is 0.141. The van der Waals surface area contributed by atoms with Gasteiger partial charge in [0, 0.05) is 19.6 Å². The van der Waals surface area contributed by atoms with Crippen molar-refractivity contribution in [3.05, 3.63) is 18.4 Å². The summed E-state index contributed by atoms with van der Waals surface area (Å²) < 4.78 is 7.37. The molecule has 0 bridgehead atoms. The highest BCUT2D eigenvalue weighted by Crippen LogP contribution is 2.25. The Bertz CT molecular complexity index is 726. The van der Waals surface area contributed by atoms with E-state index in [0.29, 0.717) is 42.3 Å². The van der Waals surface area contributed by atoms with E-state index in [0.717, 1.165) is 0 Å². The molecule has 8 nitrogen and oxygen atoms in total. The SMILES string of the molecule is CC(C)Cn1c(SCC(=O)N2CCNC2=O)nnc1-c1ccco1. The van der Waals surface area contributed by atoms with Crippen LogP contribution in [0.1, 0.15) is 13.8 Å². The van der Waals surface area contributed by atoms with Gasteiger partial charge >= 0.3 is 6.03 Å². The Labute approximate surface area is 143 Å². The van der Waals surface area contributed by atoms with Crippen LogP contribution in [0.4, 0.5) is 4.79 Å². The highest BCUT2D eigenvalue weighted by molar-refractivity contribution is 7.99. The van der Waals surface area contributed by atoms with E-state index in [2.05, 4.69) is 29.4 Å². The van der Waals surface area contributed by atoms with Gasteiger partial charge in [0.05, 0.1) is 12.0 Å². The maximum absolute atomic E-state index is 12.2. The number of urea groups is 1. The molecule has 24 heavy (non-hydrogen) atoms. The van der Waals surface area contributed by atoms with Crippen molar-refractivity contribution in [2.75, 3.05) is 18.8 Å². The molecule has 0 aromatic carbocycles. The lowest BCUT2D eigenvalue weighted by Crippen LogP contribution is -2.35. The topological polar surface area (TPSA) is 93.3 Å². The first kappa shape index (κ1) is 16.6. The maximum atomic E-state index is 12.2. The quantitative estimate of drug-likeness (QED) is 0.800. The molecule has 3 amide bonds. The molecule has 0 aliphatic carbocycles. The summed E-state index contributed by atoms with van der Waals surface area (Å²) in [6.07, 6.45) is 1.59. The van der Waals surface area contributed by atoms with Crippen molar-refractivity contribution in [2.24, 2.45) is 5.92 Å². The number of nitrogens with zero attached hydrogens (tertiary/aromatic N) is 4. The van der Waals surface area contributed by atoms with Crippen molar-refractivity contribution in [1.82, 2.24) is 25.0 Å². The molecule has 1 saturated heterocycles. The second-order valence-electron chi connectivity index (χ2n) is 5.85. The van der Waals surface area contributed by atoms with Crippen LogP contribution in [0.3, 0.4) is 0 Å². The average Bonchev–Trinajstić information content (AvgIpc) is 3.25. The number of carbonyl (C=O) groups is 2. The van der Waals surface area contributed by atoms with E-state index in [1.165, 1.54) is 16.7 Å². The van der Waals surface area contributed by atoms with E-state index < -0.39 is 0 Å². The number of thioether (sulfide) groups is 1. The number of furan rings is 1. The number of imide groups is 1. The maximum Gasteiger partial charge on any atom is 0.324 e. The van der Waals surface area contributed by atoms with Gasteiger partial charge < -0.3 is 9.73 Å². The Morgan fingerprint density at radius 3 is 2.92 bits per heavy atom. The van der Waals surface area contributed by atoms with Crippen LogP contribution in [-0.4, -0.2) is 50.4 Å². The van der Waals surface area contributed by atoms with Crippen LogP contribution >= 0.6 is 11.8 Å². The van der Waals surface area contributed by atoms with Crippen LogP contribution in [0.25, 0.3) is 11.6 Å². The van der Waals surface area contributed by atoms with Crippen molar-refractivity contribution in [1.29, 1.82) is 0 Å². The summed E-state index contributed by atoms with van der Waals surface area (Å²) in [4.78, 5) is 24.9. The summed E-state index contributed by atoms with van der Waals surface area (Å²) in [7, 11) is 0. The number of aromatic nitrogens is 3. The van der Waals surface area contributed by atoms with Gasteiger partial charge in [0.15, 0.2) is 16.7 Å². The number of carbonyl (C=O) groups excluding carboxylic acids is 2. The van der Waals surface area contributed by atoms with Gasteiger partial charge in [-0.05, 0) is 18.1 Å². The average molecular weight is 349 g/mol. The molecule has 2 aromatic heterocycles. The first-order valence-corrected chi connectivity index (χ1v) is 8.73. The van der Waals surface area contributed by atoms with Crippen molar-refractivity contribution in [3.8, 4) is 11.6 Å². The van der Waals surface area contributed by atoms with Gasteiger partial charge in [-0.15, -0.1) is 10.2 Å². The molecule has 1 N–H and O–H groups in total. The Kier molecular flexibility index (Phi) is 4.89. The van der Waals surface area contributed by atoms with Gasteiger partial charge in [0.2, 0.25) is 5.91 Å². The Morgan fingerprint density at radius 1 is 1.46 bits per heavy atom. The van der Waals surface area contributed by atoms with Gasteiger partial charge in [0.25, 0.3) is 0 Å². The molecule has 128 valence electrons. The summed E-state index contributed by atoms with van der Waals surface area (Å²) in [6, 6.07) is 3.29. The molecule has 3 rings (SSSR count). The van der Waals surface area contributed by atoms with Crippen LogP contribution in [0.2, 0.25) is 0 Å². The molecule has 0 atom stereocenters. The molecule has 0 radical (unpaired) electrons. The molecule has 0 spiro atoms. The van der Waals surface area contributed by atoms with Gasteiger partial charge in [0.1, 0.15) is 0 Å². The fourth-order valence-corrected chi connectivity index (χ4v) is 3.25. The van der Waals surface area contributed by atoms with E-state index >= 15 is 0 Å². The van der Waals surface area contributed by atoms with Crippen LogP contribution in [0.15, 0.2) is 28.0 Å². The summed E-state index contributed by atoms with van der Waals surface area (Å²) in [5.41, 5.74) is 0. The molecule has 9 heteroatoms. The number of nitrogens with one attached hydrogen (secondary N) is 1. The standard InChI is InChI=1S/C15H19N5O3S/c1-10(2)8-20-13(11-4-3-7-23-11)17-18-15(20)24-9-12(21)19-6-5-16-14(19)22/h3-4,7,10H,5-6,8-9H2,1-2H3,(H,16,22). The molecular formula is C15H19N5O3S. The molecule has 1 aliphatic heterocycles. The monoisotopic (exact) mass is 349 g/mol. The zero-order chi connectivity index (χ0) is 17.1. The Hall–Kier alpha value is -2.29. The van der Waals surface area contributed by atoms with Gasteiger partial charge in [-0.25, -0.2) is 4.79 Å². The second-order valence-corrected chi connectivity index (χ2v) is 6.80. The van der Waals surface area contributed by atoms with Crippen molar-refractivity contribution in [3.63, 3.8) is 0 Å². The predicted molar refractivity (Wildman–Crippen MR) is 88.4 cm³/mol. The van der Waals surface area contributed by atoms with E-state index in [4.69, 9.17) is 4.42 Å². The lowest BCUT2D eigenvalue weighted by molar-refractivity contribution is -0.124. The van der Waals surface area contributed by atoms with E-state index in [1.54, 1.807) is 12.3 Å². The number of rotatable bonds is 6. The smallest absolute Gasteiger partial charge is 0.324 e. The third-order valence-corrected chi connectivity index (χ3v) is 4.44.